The Hall–Kier alpha value is -2.92. The second kappa shape index (κ2) is 6.31. The summed E-state index contributed by atoms with van der Waals surface area (Å²) in [6.45, 7) is 0. The van der Waals surface area contributed by atoms with Gasteiger partial charge >= 0.3 is 0 Å². The zero-order valence-electron chi connectivity index (χ0n) is 15.4. The molecule has 1 aromatic heterocycles. The van der Waals surface area contributed by atoms with Crippen molar-refractivity contribution in [2.45, 2.75) is 24.3 Å². The van der Waals surface area contributed by atoms with Gasteiger partial charge in [-0.1, -0.05) is 29.8 Å². The van der Waals surface area contributed by atoms with Crippen LogP contribution in [0.2, 0.25) is 5.02 Å². The van der Waals surface area contributed by atoms with E-state index >= 15 is 0 Å². The number of halogens is 1. The smallest absolute Gasteiger partial charge is 0.157 e. The Balaban J connectivity index is 1.81. The molecule has 2 N–H and O–H groups in total. The molecule has 2 aliphatic rings. The van der Waals surface area contributed by atoms with E-state index in [2.05, 4.69) is 16.0 Å². The van der Waals surface area contributed by atoms with E-state index < -0.39 is 5.54 Å². The summed E-state index contributed by atoms with van der Waals surface area (Å²) in [6, 6.07) is 13.9. The molecule has 0 radical (unpaired) electrons. The van der Waals surface area contributed by atoms with Gasteiger partial charge in [0, 0.05) is 17.4 Å². The van der Waals surface area contributed by atoms with Crippen molar-refractivity contribution in [3.8, 4) is 5.75 Å². The van der Waals surface area contributed by atoms with Gasteiger partial charge in [0.1, 0.15) is 23.0 Å². The molecule has 5 nitrogen and oxygen atoms in total. The SMILES string of the molecule is COc1ccc(C2(c3cccc(Cl)c3)N=C(N)c3nccnc32)cc1C1CC1. The van der Waals surface area contributed by atoms with Crippen molar-refractivity contribution < 1.29 is 4.74 Å². The molecule has 0 spiro atoms. The van der Waals surface area contributed by atoms with Gasteiger partial charge in [0.15, 0.2) is 5.54 Å². The third kappa shape index (κ3) is 2.50. The second-order valence-electron chi connectivity index (χ2n) is 7.20. The first-order valence-corrected chi connectivity index (χ1v) is 9.63. The first-order valence-electron chi connectivity index (χ1n) is 9.25. The van der Waals surface area contributed by atoms with Crippen molar-refractivity contribution in [1.82, 2.24) is 9.97 Å². The number of rotatable bonds is 4. The van der Waals surface area contributed by atoms with Crippen molar-refractivity contribution >= 4 is 17.4 Å². The molecule has 3 aromatic rings. The van der Waals surface area contributed by atoms with Crippen LogP contribution < -0.4 is 10.5 Å². The fourth-order valence-corrected chi connectivity index (χ4v) is 4.22. The molecule has 1 unspecified atom stereocenters. The minimum absolute atomic E-state index is 0.381. The van der Waals surface area contributed by atoms with Gasteiger partial charge < -0.3 is 10.5 Å². The third-order valence-electron chi connectivity index (χ3n) is 5.48. The number of fused-ring (bicyclic) bond motifs is 1. The summed E-state index contributed by atoms with van der Waals surface area (Å²) in [5, 5.41) is 0.638. The zero-order chi connectivity index (χ0) is 19.3. The van der Waals surface area contributed by atoms with E-state index in [1.807, 2.05) is 36.4 Å². The lowest BCUT2D eigenvalue weighted by Gasteiger charge is -2.28. The van der Waals surface area contributed by atoms with Crippen LogP contribution in [0.3, 0.4) is 0 Å². The lowest BCUT2D eigenvalue weighted by molar-refractivity contribution is 0.409. The molecular formula is C22H19ClN4O. The molecule has 0 amide bonds. The van der Waals surface area contributed by atoms with E-state index in [1.54, 1.807) is 19.5 Å². The van der Waals surface area contributed by atoms with Crippen molar-refractivity contribution in [1.29, 1.82) is 0 Å². The highest BCUT2D eigenvalue weighted by Crippen LogP contribution is 2.49. The fourth-order valence-electron chi connectivity index (χ4n) is 4.03. The number of methoxy groups -OCH3 is 1. The van der Waals surface area contributed by atoms with Crippen molar-refractivity contribution in [3.63, 3.8) is 0 Å². The molecule has 1 fully saturated rings. The Bertz CT molecular complexity index is 1110. The third-order valence-corrected chi connectivity index (χ3v) is 5.71. The highest BCUT2D eigenvalue weighted by molar-refractivity contribution is 6.30. The summed E-state index contributed by atoms with van der Waals surface area (Å²) in [5.74, 6) is 1.81. The van der Waals surface area contributed by atoms with Crippen LogP contribution in [0, 0.1) is 0 Å². The summed E-state index contributed by atoms with van der Waals surface area (Å²) < 4.78 is 5.60. The molecule has 28 heavy (non-hydrogen) atoms. The quantitative estimate of drug-likeness (QED) is 0.730. The average molecular weight is 391 g/mol. The van der Waals surface area contributed by atoms with Crippen molar-refractivity contribution in [2.24, 2.45) is 10.7 Å². The van der Waals surface area contributed by atoms with Crippen LogP contribution in [-0.4, -0.2) is 22.9 Å². The Morgan fingerprint density at radius 3 is 2.61 bits per heavy atom. The summed E-state index contributed by atoms with van der Waals surface area (Å²) >= 11 is 6.34. The predicted molar refractivity (Wildman–Crippen MR) is 109 cm³/mol. The first kappa shape index (κ1) is 17.2. The van der Waals surface area contributed by atoms with Crippen molar-refractivity contribution in [2.75, 3.05) is 7.11 Å². The summed E-state index contributed by atoms with van der Waals surface area (Å²) in [5.41, 5.74) is 9.85. The van der Waals surface area contributed by atoms with Crippen LogP contribution >= 0.6 is 11.6 Å². The topological polar surface area (TPSA) is 73.4 Å². The average Bonchev–Trinajstić information content (AvgIpc) is 3.52. The minimum atomic E-state index is -0.880. The standard InChI is InChI=1S/C22H19ClN4O/c1-28-18-8-7-15(12-17(18)13-5-6-13)22(14-3-2-4-16(23)11-14)20-19(21(24)27-22)25-9-10-26-20/h2-4,7-13H,5-6H2,1H3,(H2,24,27). The summed E-state index contributed by atoms with van der Waals surface area (Å²) in [6.07, 6.45) is 5.66. The Labute approximate surface area is 168 Å². The number of benzene rings is 2. The lowest BCUT2D eigenvalue weighted by atomic mass is 9.80. The lowest BCUT2D eigenvalue weighted by Crippen LogP contribution is -2.27. The minimum Gasteiger partial charge on any atom is -0.496 e. The van der Waals surface area contributed by atoms with Gasteiger partial charge in [-0.15, -0.1) is 0 Å². The van der Waals surface area contributed by atoms with E-state index in [0.29, 0.717) is 22.5 Å². The molecule has 5 rings (SSSR count). The first-order chi connectivity index (χ1) is 13.6. The highest BCUT2D eigenvalue weighted by atomic mass is 35.5. The second-order valence-corrected chi connectivity index (χ2v) is 7.64. The largest absolute Gasteiger partial charge is 0.496 e. The number of aromatic nitrogens is 2. The maximum atomic E-state index is 6.34. The zero-order valence-corrected chi connectivity index (χ0v) is 16.1. The number of aliphatic imine (C=N–C) groups is 1. The summed E-state index contributed by atoms with van der Waals surface area (Å²) in [7, 11) is 1.71. The van der Waals surface area contributed by atoms with Gasteiger partial charge in [-0.25, -0.2) is 9.98 Å². The van der Waals surface area contributed by atoms with E-state index in [-0.39, 0.29) is 0 Å². The van der Waals surface area contributed by atoms with E-state index in [0.717, 1.165) is 22.6 Å². The monoisotopic (exact) mass is 390 g/mol. The van der Waals surface area contributed by atoms with Crippen molar-refractivity contribution in [3.05, 3.63) is 88.0 Å². The molecule has 2 aromatic carbocycles. The number of nitrogens with zero attached hydrogens (tertiary/aromatic N) is 3. The van der Waals surface area contributed by atoms with Crippen LogP contribution in [0.4, 0.5) is 0 Å². The number of nitrogens with two attached hydrogens (primary N) is 1. The molecule has 1 aliphatic carbocycles. The Kier molecular flexibility index (Phi) is 3.88. The van der Waals surface area contributed by atoms with Gasteiger partial charge in [0.05, 0.1) is 7.11 Å². The number of amidine groups is 1. The molecule has 1 aliphatic heterocycles. The molecule has 140 valence electrons. The van der Waals surface area contributed by atoms with Crippen LogP contribution in [0.15, 0.2) is 59.9 Å². The highest BCUT2D eigenvalue weighted by Gasteiger charge is 2.46. The number of hydrogen-bond acceptors (Lipinski definition) is 5. The molecule has 2 heterocycles. The Morgan fingerprint density at radius 2 is 1.86 bits per heavy atom. The van der Waals surface area contributed by atoms with Crippen LogP contribution in [0.5, 0.6) is 5.75 Å². The molecule has 0 bridgehead atoms. The van der Waals surface area contributed by atoms with Crippen LogP contribution in [0.1, 0.15) is 46.8 Å². The number of hydrogen-bond donors (Lipinski definition) is 1. The van der Waals surface area contributed by atoms with E-state index in [4.69, 9.17) is 27.1 Å². The van der Waals surface area contributed by atoms with Gasteiger partial charge in [-0.2, -0.15) is 0 Å². The summed E-state index contributed by atoms with van der Waals surface area (Å²) in [4.78, 5) is 14.0. The molecule has 1 atom stereocenters. The maximum Gasteiger partial charge on any atom is 0.157 e. The van der Waals surface area contributed by atoms with Gasteiger partial charge in [-0.3, -0.25) is 4.98 Å². The van der Waals surface area contributed by atoms with Gasteiger partial charge in [-0.05, 0) is 59.7 Å². The maximum absolute atomic E-state index is 6.34. The number of ether oxygens (including phenoxy) is 1. The molecular weight excluding hydrogens is 372 g/mol. The van der Waals surface area contributed by atoms with Crippen LogP contribution in [0.25, 0.3) is 0 Å². The van der Waals surface area contributed by atoms with E-state index in [9.17, 15) is 0 Å². The normalized spacial score (nSPS) is 20.6. The Morgan fingerprint density at radius 1 is 1.07 bits per heavy atom. The van der Waals surface area contributed by atoms with Gasteiger partial charge in [0.2, 0.25) is 0 Å². The van der Waals surface area contributed by atoms with Gasteiger partial charge in [0.25, 0.3) is 0 Å². The van der Waals surface area contributed by atoms with Crippen LogP contribution in [-0.2, 0) is 5.54 Å². The predicted octanol–water partition coefficient (Wildman–Crippen LogP) is 4.03. The van der Waals surface area contributed by atoms with E-state index in [1.165, 1.54) is 18.4 Å². The molecule has 1 saturated carbocycles. The molecule has 6 heteroatoms. The fraction of sp³-hybridized carbons (Fsp3) is 0.227. The molecule has 0 saturated heterocycles.